The zero-order chi connectivity index (χ0) is 11.4. The van der Waals surface area contributed by atoms with E-state index in [1.807, 2.05) is 0 Å². The summed E-state index contributed by atoms with van der Waals surface area (Å²) in [5.41, 5.74) is 2.50. The minimum absolute atomic E-state index is 0.653. The molecule has 0 spiro atoms. The number of hydrogen-bond donors (Lipinski definition) is 1. The van der Waals surface area contributed by atoms with Crippen molar-refractivity contribution in [3.05, 3.63) is 28.2 Å². The van der Waals surface area contributed by atoms with Gasteiger partial charge in [0.25, 0.3) is 0 Å². The van der Waals surface area contributed by atoms with Crippen molar-refractivity contribution < 1.29 is 4.74 Å². The Morgan fingerprint density at radius 2 is 2.12 bits per heavy atom. The number of piperazine rings is 1. The smallest absolute Gasteiger partial charge is 0.0724 e. The van der Waals surface area contributed by atoms with Crippen molar-refractivity contribution in [2.45, 2.75) is 6.61 Å². The number of benzene rings is 1. The largest absolute Gasteiger partial charge is 0.380 e. The predicted octanol–water partition coefficient (Wildman–Crippen LogP) is 2.01. The van der Waals surface area contributed by atoms with E-state index in [9.17, 15) is 0 Å². The van der Waals surface area contributed by atoms with Crippen LogP contribution in [0.15, 0.2) is 22.7 Å². The standard InChI is InChI=1S/C12H17BrN2O/c1-16-9-10-8-11(2-3-12(10)13)15-6-4-14-5-7-15/h2-3,8,14H,4-7,9H2,1H3. The Bertz CT molecular complexity index is 351. The quantitative estimate of drug-likeness (QED) is 0.919. The van der Waals surface area contributed by atoms with E-state index in [1.165, 1.54) is 11.3 Å². The van der Waals surface area contributed by atoms with Crippen LogP contribution in [0.4, 0.5) is 5.69 Å². The van der Waals surface area contributed by atoms with Gasteiger partial charge in [-0.25, -0.2) is 0 Å². The molecular formula is C12H17BrN2O. The van der Waals surface area contributed by atoms with Crippen molar-refractivity contribution >= 4 is 21.6 Å². The Balaban J connectivity index is 2.17. The third-order valence-electron chi connectivity index (χ3n) is 2.81. The highest BCUT2D eigenvalue weighted by molar-refractivity contribution is 9.10. The van der Waals surface area contributed by atoms with Gasteiger partial charge in [0.1, 0.15) is 0 Å². The van der Waals surface area contributed by atoms with Gasteiger partial charge in [0.2, 0.25) is 0 Å². The highest BCUT2D eigenvalue weighted by Crippen LogP contribution is 2.24. The van der Waals surface area contributed by atoms with E-state index in [4.69, 9.17) is 4.74 Å². The molecule has 1 aromatic carbocycles. The van der Waals surface area contributed by atoms with Gasteiger partial charge in [-0.05, 0) is 23.8 Å². The maximum Gasteiger partial charge on any atom is 0.0724 e. The summed E-state index contributed by atoms with van der Waals surface area (Å²) in [5, 5.41) is 3.36. The van der Waals surface area contributed by atoms with E-state index >= 15 is 0 Å². The molecule has 0 aliphatic carbocycles. The number of ether oxygens (including phenoxy) is 1. The fraction of sp³-hybridized carbons (Fsp3) is 0.500. The van der Waals surface area contributed by atoms with Gasteiger partial charge in [-0.3, -0.25) is 0 Å². The predicted molar refractivity (Wildman–Crippen MR) is 69.9 cm³/mol. The summed E-state index contributed by atoms with van der Waals surface area (Å²) in [5.74, 6) is 0. The lowest BCUT2D eigenvalue weighted by atomic mass is 10.2. The monoisotopic (exact) mass is 284 g/mol. The fourth-order valence-corrected chi connectivity index (χ4v) is 2.31. The van der Waals surface area contributed by atoms with E-state index < -0.39 is 0 Å². The Kier molecular flexibility index (Phi) is 4.21. The number of rotatable bonds is 3. The minimum Gasteiger partial charge on any atom is -0.380 e. The van der Waals surface area contributed by atoms with Crippen molar-refractivity contribution in [2.24, 2.45) is 0 Å². The second kappa shape index (κ2) is 5.66. The van der Waals surface area contributed by atoms with Gasteiger partial charge in [-0.1, -0.05) is 15.9 Å². The molecule has 16 heavy (non-hydrogen) atoms. The van der Waals surface area contributed by atoms with Crippen LogP contribution in [0.25, 0.3) is 0 Å². The molecule has 1 N–H and O–H groups in total. The van der Waals surface area contributed by atoms with Crippen LogP contribution in [0.5, 0.6) is 0 Å². The summed E-state index contributed by atoms with van der Waals surface area (Å²) in [7, 11) is 1.73. The van der Waals surface area contributed by atoms with Gasteiger partial charge in [0, 0.05) is 43.4 Å². The second-order valence-corrected chi connectivity index (χ2v) is 4.80. The summed E-state index contributed by atoms with van der Waals surface area (Å²) in [6.07, 6.45) is 0. The topological polar surface area (TPSA) is 24.5 Å². The summed E-state index contributed by atoms with van der Waals surface area (Å²) < 4.78 is 6.31. The first kappa shape index (κ1) is 11.9. The number of halogens is 1. The van der Waals surface area contributed by atoms with Crippen LogP contribution in [0.1, 0.15) is 5.56 Å². The molecule has 1 aromatic rings. The minimum atomic E-state index is 0.653. The SMILES string of the molecule is COCc1cc(N2CCNCC2)ccc1Br. The van der Waals surface area contributed by atoms with E-state index in [2.05, 4.69) is 44.3 Å². The molecule has 3 nitrogen and oxygen atoms in total. The fourth-order valence-electron chi connectivity index (χ4n) is 1.95. The van der Waals surface area contributed by atoms with Crippen LogP contribution >= 0.6 is 15.9 Å². The molecule has 0 saturated carbocycles. The van der Waals surface area contributed by atoms with Gasteiger partial charge in [0.15, 0.2) is 0 Å². The number of nitrogens with zero attached hydrogens (tertiary/aromatic N) is 1. The second-order valence-electron chi connectivity index (χ2n) is 3.95. The van der Waals surface area contributed by atoms with Gasteiger partial charge in [-0.2, -0.15) is 0 Å². The van der Waals surface area contributed by atoms with Crippen molar-refractivity contribution in [1.82, 2.24) is 5.32 Å². The first-order chi connectivity index (χ1) is 7.81. The number of hydrogen-bond acceptors (Lipinski definition) is 3. The molecule has 0 unspecified atom stereocenters. The van der Waals surface area contributed by atoms with E-state index in [0.29, 0.717) is 6.61 Å². The van der Waals surface area contributed by atoms with E-state index in [0.717, 1.165) is 30.7 Å². The van der Waals surface area contributed by atoms with Crippen molar-refractivity contribution in [3.8, 4) is 0 Å². The number of nitrogens with one attached hydrogen (secondary N) is 1. The van der Waals surface area contributed by atoms with Gasteiger partial charge in [-0.15, -0.1) is 0 Å². The zero-order valence-electron chi connectivity index (χ0n) is 9.50. The zero-order valence-corrected chi connectivity index (χ0v) is 11.1. The van der Waals surface area contributed by atoms with Crippen molar-refractivity contribution in [1.29, 1.82) is 0 Å². The summed E-state index contributed by atoms with van der Waals surface area (Å²) in [4.78, 5) is 2.40. The Morgan fingerprint density at radius 1 is 1.38 bits per heavy atom. The number of methoxy groups -OCH3 is 1. The third kappa shape index (κ3) is 2.75. The first-order valence-corrected chi connectivity index (χ1v) is 6.33. The maximum absolute atomic E-state index is 5.19. The van der Waals surface area contributed by atoms with E-state index in [1.54, 1.807) is 7.11 Å². The lowest BCUT2D eigenvalue weighted by Crippen LogP contribution is -2.43. The summed E-state index contributed by atoms with van der Waals surface area (Å²) >= 11 is 3.54. The average molecular weight is 285 g/mol. The van der Waals surface area contributed by atoms with Crippen LogP contribution in [0, 0.1) is 0 Å². The summed E-state index contributed by atoms with van der Waals surface area (Å²) in [6, 6.07) is 6.47. The molecule has 1 heterocycles. The molecule has 4 heteroatoms. The molecule has 0 radical (unpaired) electrons. The van der Waals surface area contributed by atoms with Crippen LogP contribution < -0.4 is 10.2 Å². The summed E-state index contributed by atoms with van der Waals surface area (Å²) in [6.45, 7) is 4.94. The Hall–Kier alpha value is -0.580. The molecule has 0 aromatic heterocycles. The molecule has 0 amide bonds. The van der Waals surface area contributed by atoms with Gasteiger partial charge in [0.05, 0.1) is 6.61 Å². The van der Waals surface area contributed by atoms with Crippen molar-refractivity contribution in [3.63, 3.8) is 0 Å². The molecule has 0 bridgehead atoms. The number of anilines is 1. The first-order valence-electron chi connectivity index (χ1n) is 5.54. The van der Waals surface area contributed by atoms with Crippen molar-refractivity contribution in [2.75, 3.05) is 38.2 Å². The molecule has 1 aliphatic heterocycles. The highest BCUT2D eigenvalue weighted by atomic mass is 79.9. The molecule has 1 fully saturated rings. The van der Waals surface area contributed by atoms with Gasteiger partial charge >= 0.3 is 0 Å². The average Bonchev–Trinajstić information content (AvgIpc) is 2.33. The van der Waals surface area contributed by atoms with Crippen LogP contribution in [0.3, 0.4) is 0 Å². The molecule has 1 aliphatic rings. The van der Waals surface area contributed by atoms with Crippen LogP contribution in [-0.2, 0) is 11.3 Å². The molecule has 2 rings (SSSR count). The Labute approximate surface area is 105 Å². The molecule has 1 saturated heterocycles. The normalized spacial score (nSPS) is 16.5. The molecule has 0 atom stereocenters. The highest BCUT2D eigenvalue weighted by Gasteiger charge is 2.11. The van der Waals surface area contributed by atoms with E-state index in [-0.39, 0.29) is 0 Å². The maximum atomic E-state index is 5.19. The van der Waals surface area contributed by atoms with Crippen LogP contribution in [0.2, 0.25) is 0 Å². The molecule has 88 valence electrons. The Morgan fingerprint density at radius 3 is 2.81 bits per heavy atom. The molecular weight excluding hydrogens is 268 g/mol. The van der Waals surface area contributed by atoms with Gasteiger partial charge < -0.3 is 15.0 Å². The lowest BCUT2D eigenvalue weighted by molar-refractivity contribution is 0.184. The van der Waals surface area contributed by atoms with Crippen LogP contribution in [-0.4, -0.2) is 33.3 Å². The lowest BCUT2D eigenvalue weighted by Gasteiger charge is -2.29. The third-order valence-corrected chi connectivity index (χ3v) is 3.58.